The largest absolute Gasteiger partial charge is 0.494 e. The van der Waals surface area contributed by atoms with Gasteiger partial charge >= 0.3 is 5.97 Å². The Morgan fingerprint density at radius 3 is 2.85 bits per heavy atom. The molecule has 1 heterocycles. The van der Waals surface area contributed by atoms with E-state index in [-0.39, 0.29) is 18.2 Å². The molecule has 1 unspecified atom stereocenters. The zero-order valence-electron chi connectivity index (χ0n) is 11.8. The molecule has 0 radical (unpaired) electrons. The number of carboxylic acid groups (broad SMARTS) is 1. The third kappa shape index (κ3) is 5.26. The van der Waals surface area contributed by atoms with Gasteiger partial charge in [-0.1, -0.05) is 6.92 Å². The van der Waals surface area contributed by atoms with Gasteiger partial charge in [0.15, 0.2) is 0 Å². The minimum absolute atomic E-state index is 0.160. The van der Waals surface area contributed by atoms with Crippen molar-refractivity contribution in [2.24, 2.45) is 5.92 Å². The maximum Gasteiger partial charge on any atom is 0.303 e. The number of rotatable bonds is 8. The number of nitrogens with zero attached hydrogens (tertiary/aromatic N) is 1. The van der Waals surface area contributed by atoms with E-state index in [1.165, 1.54) is 19.5 Å². The van der Waals surface area contributed by atoms with E-state index >= 15 is 0 Å². The lowest BCUT2D eigenvalue weighted by Gasteiger charge is -2.12. The number of aliphatic carboxylic acids is 1. The molecule has 0 saturated carbocycles. The summed E-state index contributed by atoms with van der Waals surface area (Å²) in [6.45, 7) is 2.48. The number of carbonyl (C=O) groups excluding carboxylic acids is 1. The predicted octanol–water partition coefficient (Wildman–Crippen LogP) is 1.71. The lowest BCUT2D eigenvalue weighted by Crippen LogP contribution is -2.26. The minimum Gasteiger partial charge on any atom is -0.494 e. The summed E-state index contributed by atoms with van der Waals surface area (Å²) in [6.07, 6.45) is 4.54. The normalized spacial score (nSPS) is 11.7. The molecule has 20 heavy (non-hydrogen) atoms. The first-order valence-corrected chi connectivity index (χ1v) is 6.52. The molecule has 0 bridgehead atoms. The van der Waals surface area contributed by atoms with Crippen LogP contribution in [0, 0.1) is 5.92 Å². The first-order valence-electron chi connectivity index (χ1n) is 6.52. The number of aromatic nitrogens is 1. The van der Waals surface area contributed by atoms with Gasteiger partial charge in [0, 0.05) is 19.2 Å². The standard InChI is InChI=1S/C14H20N2O4/c1-10(3-4-13(17)18)5-8-16-14(19)11-6-7-15-9-12(11)20-2/h6-7,9-10H,3-5,8H2,1-2H3,(H,16,19)(H,17,18). The van der Waals surface area contributed by atoms with Crippen LogP contribution in [0.3, 0.4) is 0 Å². The van der Waals surface area contributed by atoms with Crippen molar-refractivity contribution in [1.29, 1.82) is 0 Å². The van der Waals surface area contributed by atoms with E-state index in [9.17, 15) is 9.59 Å². The van der Waals surface area contributed by atoms with Crippen LogP contribution in [0.4, 0.5) is 0 Å². The van der Waals surface area contributed by atoms with Gasteiger partial charge in [0.1, 0.15) is 5.75 Å². The van der Waals surface area contributed by atoms with Crippen LogP contribution in [0.5, 0.6) is 5.75 Å². The average Bonchev–Trinajstić information content (AvgIpc) is 2.44. The van der Waals surface area contributed by atoms with Crippen LogP contribution in [0.25, 0.3) is 0 Å². The van der Waals surface area contributed by atoms with E-state index in [0.29, 0.717) is 24.3 Å². The van der Waals surface area contributed by atoms with Crippen LogP contribution in [0.2, 0.25) is 0 Å². The van der Waals surface area contributed by atoms with Crippen molar-refractivity contribution < 1.29 is 19.4 Å². The van der Waals surface area contributed by atoms with Crippen molar-refractivity contribution >= 4 is 11.9 Å². The Labute approximate surface area is 118 Å². The lowest BCUT2D eigenvalue weighted by molar-refractivity contribution is -0.137. The van der Waals surface area contributed by atoms with Crippen molar-refractivity contribution in [2.45, 2.75) is 26.2 Å². The van der Waals surface area contributed by atoms with Crippen LogP contribution in [-0.4, -0.2) is 35.6 Å². The highest BCUT2D eigenvalue weighted by Crippen LogP contribution is 2.15. The summed E-state index contributed by atoms with van der Waals surface area (Å²) in [6, 6.07) is 1.60. The molecule has 1 amide bonds. The van der Waals surface area contributed by atoms with Crippen LogP contribution < -0.4 is 10.1 Å². The minimum atomic E-state index is -0.789. The molecule has 0 aliphatic carbocycles. The maximum atomic E-state index is 12.0. The molecule has 0 fully saturated rings. The third-order valence-electron chi connectivity index (χ3n) is 3.02. The summed E-state index contributed by atoms with van der Waals surface area (Å²) in [5.74, 6) is -0.313. The van der Waals surface area contributed by atoms with Gasteiger partial charge in [0.05, 0.1) is 18.9 Å². The number of carboxylic acids is 1. The number of pyridine rings is 1. The van der Waals surface area contributed by atoms with Crippen LogP contribution in [-0.2, 0) is 4.79 Å². The van der Waals surface area contributed by atoms with Gasteiger partial charge in [-0.2, -0.15) is 0 Å². The Morgan fingerprint density at radius 1 is 1.45 bits per heavy atom. The highest BCUT2D eigenvalue weighted by molar-refractivity contribution is 5.96. The molecule has 1 atom stereocenters. The highest BCUT2D eigenvalue weighted by atomic mass is 16.5. The molecular weight excluding hydrogens is 260 g/mol. The Balaban J connectivity index is 2.38. The molecule has 1 rings (SSSR count). The zero-order valence-corrected chi connectivity index (χ0v) is 11.8. The van der Waals surface area contributed by atoms with Crippen LogP contribution in [0.15, 0.2) is 18.5 Å². The smallest absolute Gasteiger partial charge is 0.303 e. The number of nitrogens with one attached hydrogen (secondary N) is 1. The lowest BCUT2D eigenvalue weighted by atomic mass is 10.0. The molecule has 1 aromatic heterocycles. The molecule has 110 valence electrons. The van der Waals surface area contributed by atoms with Gasteiger partial charge in [-0.15, -0.1) is 0 Å². The molecule has 6 heteroatoms. The van der Waals surface area contributed by atoms with Gasteiger partial charge in [0.2, 0.25) is 0 Å². The highest BCUT2D eigenvalue weighted by Gasteiger charge is 2.12. The number of ether oxygens (including phenoxy) is 1. The number of carbonyl (C=O) groups is 2. The van der Waals surface area contributed by atoms with E-state index in [1.54, 1.807) is 6.07 Å². The van der Waals surface area contributed by atoms with E-state index in [1.807, 2.05) is 6.92 Å². The van der Waals surface area contributed by atoms with Gasteiger partial charge in [-0.3, -0.25) is 14.6 Å². The van der Waals surface area contributed by atoms with E-state index in [0.717, 1.165) is 6.42 Å². The van der Waals surface area contributed by atoms with Gasteiger partial charge in [-0.25, -0.2) is 0 Å². The van der Waals surface area contributed by atoms with Crippen molar-refractivity contribution in [2.75, 3.05) is 13.7 Å². The second-order valence-corrected chi connectivity index (χ2v) is 4.66. The van der Waals surface area contributed by atoms with Gasteiger partial charge in [0.25, 0.3) is 5.91 Å². The molecule has 2 N–H and O–H groups in total. The molecule has 0 saturated heterocycles. The second kappa shape index (κ2) is 8.14. The summed E-state index contributed by atoms with van der Waals surface area (Å²) < 4.78 is 5.07. The number of hydrogen-bond acceptors (Lipinski definition) is 4. The Morgan fingerprint density at radius 2 is 2.20 bits per heavy atom. The SMILES string of the molecule is COc1cnccc1C(=O)NCCC(C)CCC(=O)O. The fourth-order valence-electron chi connectivity index (χ4n) is 1.77. The van der Waals surface area contributed by atoms with E-state index < -0.39 is 5.97 Å². The van der Waals surface area contributed by atoms with Crippen molar-refractivity contribution in [3.05, 3.63) is 24.0 Å². The predicted molar refractivity (Wildman–Crippen MR) is 73.8 cm³/mol. The Bertz CT molecular complexity index is 462. The molecular formula is C14H20N2O4. The number of methoxy groups -OCH3 is 1. The van der Waals surface area contributed by atoms with Crippen molar-refractivity contribution in [3.63, 3.8) is 0 Å². The summed E-state index contributed by atoms with van der Waals surface area (Å²) in [4.78, 5) is 26.3. The zero-order chi connectivity index (χ0) is 15.0. The van der Waals surface area contributed by atoms with Gasteiger partial charge < -0.3 is 15.2 Å². The van der Waals surface area contributed by atoms with Gasteiger partial charge in [-0.05, 0) is 24.8 Å². The molecule has 1 aromatic rings. The summed E-state index contributed by atoms with van der Waals surface area (Å²) in [7, 11) is 1.49. The second-order valence-electron chi connectivity index (χ2n) is 4.66. The fraction of sp³-hybridized carbons (Fsp3) is 0.500. The number of amides is 1. The molecule has 0 spiro atoms. The third-order valence-corrected chi connectivity index (χ3v) is 3.02. The average molecular weight is 280 g/mol. The molecule has 6 nitrogen and oxygen atoms in total. The Kier molecular flexibility index (Phi) is 6.49. The summed E-state index contributed by atoms with van der Waals surface area (Å²) in [5.41, 5.74) is 0.445. The molecule has 0 aliphatic heterocycles. The topological polar surface area (TPSA) is 88.5 Å². The van der Waals surface area contributed by atoms with E-state index in [2.05, 4.69) is 10.3 Å². The van der Waals surface area contributed by atoms with E-state index in [4.69, 9.17) is 9.84 Å². The fourth-order valence-corrected chi connectivity index (χ4v) is 1.77. The summed E-state index contributed by atoms with van der Waals surface area (Å²) >= 11 is 0. The quantitative estimate of drug-likeness (QED) is 0.756. The van der Waals surface area contributed by atoms with Crippen molar-refractivity contribution in [3.8, 4) is 5.75 Å². The Hall–Kier alpha value is -2.11. The van der Waals surface area contributed by atoms with Crippen molar-refractivity contribution in [1.82, 2.24) is 10.3 Å². The maximum absolute atomic E-state index is 12.0. The first-order chi connectivity index (χ1) is 9.54. The number of hydrogen-bond donors (Lipinski definition) is 2. The first kappa shape index (κ1) is 15.9. The van der Waals surface area contributed by atoms with Crippen LogP contribution in [0.1, 0.15) is 36.5 Å². The molecule has 0 aromatic carbocycles. The molecule has 0 aliphatic rings. The summed E-state index contributed by atoms with van der Waals surface area (Å²) in [5, 5.41) is 11.4. The van der Waals surface area contributed by atoms with Crippen LogP contribution >= 0.6 is 0 Å². The monoisotopic (exact) mass is 280 g/mol.